The molecule has 8 heteroatoms. The average Bonchev–Trinajstić information content (AvgIpc) is 2.49. The molecule has 1 amide bonds. The highest BCUT2D eigenvalue weighted by Gasteiger charge is 2.15. The van der Waals surface area contributed by atoms with Gasteiger partial charge in [-0.3, -0.25) is 4.79 Å². The number of benzene rings is 1. The van der Waals surface area contributed by atoms with Crippen molar-refractivity contribution >= 4 is 29.0 Å². The van der Waals surface area contributed by atoms with Crippen molar-refractivity contribution in [3.8, 4) is 6.07 Å². The fraction of sp³-hybridized carbons (Fsp3) is 0. The van der Waals surface area contributed by atoms with E-state index < -0.39 is 11.7 Å². The number of hydrogen-bond acceptors (Lipinski definition) is 5. The van der Waals surface area contributed by atoms with Crippen molar-refractivity contribution in [1.29, 1.82) is 5.26 Å². The summed E-state index contributed by atoms with van der Waals surface area (Å²) in [7, 11) is 0. The molecule has 0 aliphatic heterocycles. The van der Waals surface area contributed by atoms with E-state index in [4.69, 9.17) is 22.7 Å². The molecule has 2 rings (SSSR count). The molecule has 1 aromatic heterocycles. The molecular weight excluding hydrogens is 297 g/mol. The van der Waals surface area contributed by atoms with E-state index in [-0.39, 0.29) is 27.8 Å². The van der Waals surface area contributed by atoms with Crippen molar-refractivity contribution in [2.75, 3.05) is 10.7 Å². The number of hydrazine groups is 1. The zero-order chi connectivity index (χ0) is 15.4. The van der Waals surface area contributed by atoms with Crippen LogP contribution in [-0.4, -0.2) is 10.9 Å². The minimum Gasteiger partial charge on any atom is -0.318 e. The molecule has 1 aromatic carbocycles. The van der Waals surface area contributed by atoms with Crippen LogP contribution in [0.1, 0.15) is 16.1 Å². The minimum atomic E-state index is -0.730. The maximum absolute atomic E-state index is 13.7. The molecule has 0 aliphatic rings. The highest BCUT2D eigenvalue weighted by Crippen LogP contribution is 2.20. The van der Waals surface area contributed by atoms with Gasteiger partial charge in [0.05, 0.1) is 22.3 Å². The van der Waals surface area contributed by atoms with E-state index in [1.165, 1.54) is 24.3 Å². The Bertz CT molecular complexity index is 744. The van der Waals surface area contributed by atoms with Gasteiger partial charge < -0.3 is 10.7 Å². The molecule has 6 nitrogen and oxygen atoms in total. The highest BCUT2D eigenvalue weighted by molar-refractivity contribution is 6.34. The number of nitrogens with one attached hydrogen (secondary N) is 2. The molecule has 0 radical (unpaired) electrons. The molecule has 0 atom stereocenters. The van der Waals surface area contributed by atoms with Gasteiger partial charge in [-0.1, -0.05) is 11.6 Å². The number of amides is 1. The van der Waals surface area contributed by atoms with Gasteiger partial charge in [-0.05, 0) is 30.3 Å². The molecule has 0 unspecified atom stereocenters. The molecule has 0 aliphatic carbocycles. The van der Waals surface area contributed by atoms with Gasteiger partial charge in [0.1, 0.15) is 17.3 Å². The second-order valence-corrected chi connectivity index (χ2v) is 4.34. The second-order valence-electron chi connectivity index (χ2n) is 3.93. The summed E-state index contributed by atoms with van der Waals surface area (Å²) < 4.78 is 13.7. The Morgan fingerprint density at radius 1 is 1.38 bits per heavy atom. The monoisotopic (exact) mass is 305 g/mol. The summed E-state index contributed by atoms with van der Waals surface area (Å²) in [6.45, 7) is 0. The largest absolute Gasteiger partial charge is 0.318 e. The summed E-state index contributed by atoms with van der Waals surface area (Å²) >= 11 is 5.87. The number of anilines is 2. The summed E-state index contributed by atoms with van der Waals surface area (Å²) in [5.74, 6) is 4.02. The molecule has 4 N–H and O–H groups in total. The highest BCUT2D eigenvalue weighted by atomic mass is 35.5. The van der Waals surface area contributed by atoms with E-state index in [2.05, 4.69) is 15.7 Å². The third-order valence-electron chi connectivity index (χ3n) is 2.56. The molecule has 2 aromatic rings. The molecule has 106 valence electrons. The van der Waals surface area contributed by atoms with Crippen LogP contribution in [0.5, 0.6) is 0 Å². The molecule has 0 saturated carbocycles. The number of hydrogen-bond donors (Lipinski definition) is 3. The third kappa shape index (κ3) is 3.25. The topological polar surface area (TPSA) is 104 Å². The molecule has 21 heavy (non-hydrogen) atoms. The van der Waals surface area contributed by atoms with Gasteiger partial charge in [-0.25, -0.2) is 15.2 Å². The Balaban J connectivity index is 2.28. The Hall–Kier alpha value is -2.69. The van der Waals surface area contributed by atoms with Crippen LogP contribution in [0.4, 0.5) is 15.9 Å². The number of nitrogens with zero attached hydrogens (tertiary/aromatic N) is 2. The Morgan fingerprint density at radius 2 is 2.14 bits per heavy atom. The van der Waals surface area contributed by atoms with Gasteiger partial charge in [0, 0.05) is 0 Å². The van der Waals surface area contributed by atoms with Crippen molar-refractivity contribution in [3.63, 3.8) is 0 Å². The Labute approximate surface area is 124 Å². The third-order valence-corrected chi connectivity index (χ3v) is 2.86. The lowest BCUT2D eigenvalue weighted by molar-refractivity contribution is 0.102. The molecule has 0 fully saturated rings. The lowest BCUT2D eigenvalue weighted by Gasteiger charge is -2.08. The van der Waals surface area contributed by atoms with E-state index in [0.29, 0.717) is 0 Å². The van der Waals surface area contributed by atoms with Crippen molar-refractivity contribution < 1.29 is 9.18 Å². The normalized spacial score (nSPS) is 9.81. The van der Waals surface area contributed by atoms with Crippen molar-refractivity contribution in [2.45, 2.75) is 0 Å². The minimum absolute atomic E-state index is 0.0806. The number of carbonyl (C=O) groups is 1. The van der Waals surface area contributed by atoms with Crippen LogP contribution >= 0.6 is 11.6 Å². The molecule has 0 bridgehead atoms. The Kier molecular flexibility index (Phi) is 4.33. The van der Waals surface area contributed by atoms with Crippen LogP contribution in [-0.2, 0) is 0 Å². The lowest BCUT2D eigenvalue weighted by atomic mass is 10.2. The number of aromatic nitrogens is 1. The van der Waals surface area contributed by atoms with Crippen molar-refractivity contribution in [1.82, 2.24) is 4.98 Å². The summed E-state index contributed by atoms with van der Waals surface area (Å²) in [5, 5.41) is 11.1. The van der Waals surface area contributed by atoms with Gasteiger partial charge in [-0.2, -0.15) is 5.26 Å². The number of nitriles is 1. The summed E-state index contributed by atoms with van der Waals surface area (Å²) in [5.41, 5.74) is 2.25. The van der Waals surface area contributed by atoms with Crippen LogP contribution in [0.3, 0.4) is 0 Å². The number of pyridine rings is 1. The van der Waals surface area contributed by atoms with E-state index in [9.17, 15) is 9.18 Å². The summed E-state index contributed by atoms with van der Waals surface area (Å²) in [4.78, 5) is 15.9. The van der Waals surface area contributed by atoms with Crippen molar-refractivity contribution in [2.24, 2.45) is 5.84 Å². The quantitative estimate of drug-likeness (QED) is 0.596. The fourth-order valence-corrected chi connectivity index (χ4v) is 1.74. The van der Waals surface area contributed by atoms with Crippen LogP contribution in [0, 0.1) is 17.1 Å². The number of carbonyl (C=O) groups excluding carboxylic acids is 1. The van der Waals surface area contributed by atoms with Gasteiger partial charge in [0.2, 0.25) is 0 Å². The van der Waals surface area contributed by atoms with Crippen LogP contribution in [0.25, 0.3) is 0 Å². The standard InChI is InChI=1S/C13H9ClFN5O/c14-8-2-4-11(20-17)19-12(8)13(21)18-10-3-1-7(6-16)5-9(10)15/h1-5H,17H2,(H,18,21)(H,19,20). The van der Waals surface area contributed by atoms with E-state index in [1.54, 1.807) is 6.07 Å². The van der Waals surface area contributed by atoms with Crippen LogP contribution < -0.4 is 16.6 Å². The smallest absolute Gasteiger partial charge is 0.275 e. The number of nitrogen functional groups attached to an aromatic ring is 1. The SMILES string of the molecule is N#Cc1ccc(NC(=O)c2nc(NN)ccc2Cl)c(F)c1. The molecular formula is C13H9ClFN5O. The summed E-state index contributed by atoms with van der Waals surface area (Å²) in [6.07, 6.45) is 0. The second kappa shape index (κ2) is 6.17. The van der Waals surface area contributed by atoms with Gasteiger partial charge in [0.15, 0.2) is 0 Å². The van der Waals surface area contributed by atoms with Crippen LogP contribution in [0.2, 0.25) is 5.02 Å². The predicted octanol–water partition coefficient (Wildman–Crippen LogP) is 2.28. The first kappa shape index (κ1) is 14.7. The zero-order valence-corrected chi connectivity index (χ0v) is 11.3. The van der Waals surface area contributed by atoms with Crippen LogP contribution in [0.15, 0.2) is 30.3 Å². The zero-order valence-electron chi connectivity index (χ0n) is 10.5. The van der Waals surface area contributed by atoms with Crippen molar-refractivity contribution in [3.05, 3.63) is 52.4 Å². The number of rotatable bonds is 3. The fourth-order valence-electron chi connectivity index (χ4n) is 1.55. The first-order valence-corrected chi connectivity index (χ1v) is 6.07. The van der Waals surface area contributed by atoms with Gasteiger partial charge >= 0.3 is 0 Å². The first-order chi connectivity index (χ1) is 10.0. The average molecular weight is 306 g/mol. The number of halogens is 2. The Morgan fingerprint density at radius 3 is 2.76 bits per heavy atom. The van der Waals surface area contributed by atoms with Gasteiger partial charge in [0.25, 0.3) is 5.91 Å². The maximum Gasteiger partial charge on any atom is 0.275 e. The first-order valence-electron chi connectivity index (χ1n) is 5.69. The van der Waals surface area contributed by atoms with E-state index in [0.717, 1.165) is 6.07 Å². The van der Waals surface area contributed by atoms with E-state index >= 15 is 0 Å². The molecule has 0 spiro atoms. The molecule has 0 saturated heterocycles. The lowest BCUT2D eigenvalue weighted by Crippen LogP contribution is -2.17. The molecule has 1 heterocycles. The predicted molar refractivity (Wildman–Crippen MR) is 76.1 cm³/mol. The van der Waals surface area contributed by atoms with Gasteiger partial charge in [-0.15, -0.1) is 0 Å². The number of nitrogens with two attached hydrogens (primary N) is 1. The maximum atomic E-state index is 13.7. The van der Waals surface area contributed by atoms with E-state index in [1.807, 2.05) is 0 Å². The summed E-state index contributed by atoms with van der Waals surface area (Å²) in [6, 6.07) is 8.40.